The summed E-state index contributed by atoms with van der Waals surface area (Å²) in [6.07, 6.45) is -3.27. The minimum Gasteiger partial charge on any atom is -0.478 e. The average Bonchev–Trinajstić information content (AvgIpc) is 2.77. The monoisotopic (exact) mass is 307 g/mol. The molecule has 5 nitrogen and oxygen atoms in total. The number of carboxylic acid groups (broad SMARTS) is 1. The van der Waals surface area contributed by atoms with Crippen LogP contribution in [0, 0.1) is 0 Å². The van der Waals surface area contributed by atoms with Gasteiger partial charge in [-0.05, 0) is 35.4 Å². The average molecular weight is 307 g/mol. The Balaban J connectivity index is 2.27. The van der Waals surface area contributed by atoms with Crippen molar-refractivity contribution < 1.29 is 23.1 Å². The first kappa shape index (κ1) is 13.7. The largest absolute Gasteiger partial charge is 0.478 e. The Morgan fingerprint density at radius 2 is 2.16 bits per heavy atom. The summed E-state index contributed by atoms with van der Waals surface area (Å²) in [5, 5.41) is 8.98. The number of aromatic nitrogens is 3. The predicted molar refractivity (Wildman–Crippen MR) is 60.2 cm³/mol. The third kappa shape index (κ3) is 3.20. The highest BCUT2D eigenvalue weighted by Gasteiger charge is 2.36. The Kier molecular flexibility index (Phi) is 3.71. The van der Waals surface area contributed by atoms with Gasteiger partial charge in [0, 0.05) is 6.20 Å². The van der Waals surface area contributed by atoms with E-state index in [-0.39, 0.29) is 14.9 Å². The van der Waals surface area contributed by atoms with E-state index in [1.165, 1.54) is 18.3 Å². The second-order valence-corrected chi connectivity index (χ2v) is 5.13. The summed E-state index contributed by atoms with van der Waals surface area (Å²) in [6, 6.07) is 2.73. The van der Waals surface area contributed by atoms with Crippen molar-refractivity contribution in [2.45, 2.75) is 15.5 Å². The third-order valence-corrected chi connectivity index (χ3v) is 3.62. The molecule has 0 saturated carbocycles. The molecule has 2 aromatic rings. The predicted octanol–water partition coefficient (Wildman–Crippen LogP) is 2.80. The lowest BCUT2D eigenvalue weighted by Crippen LogP contribution is -2.07. The van der Waals surface area contributed by atoms with Crippen LogP contribution in [0.1, 0.15) is 16.2 Å². The molecule has 2 aromatic heterocycles. The molecule has 1 N–H and O–H groups in total. The fourth-order valence-corrected chi connectivity index (χ4v) is 2.69. The van der Waals surface area contributed by atoms with E-state index in [0.29, 0.717) is 11.5 Å². The summed E-state index contributed by atoms with van der Waals surface area (Å²) in [6.45, 7) is 0. The van der Waals surface area contributed by atoms with Gasteiger partial charge in [-0.2, -0.15) is 17.5 Å². The van der Waals surface area contributed by atoms with Crippen LogP contribution in [0.2, 0.25) is 0 Å². The van der Waals surface area contributed by atoms with Crippen LogP contribution in [-0.2, 0) is 6.18 Å². The second-order valence-electron chi connectivity index (χ2n) is 3.14. The Hall–Kier alpha value is -1.68. The highest BCUT2D eigenvalue weighted by atomic mass is 32.2. The molecule has 100 valence electrons. The van der Waals surface area contributed by atoms with Gasteiger partial charge in [-0.1, -0.05) is 0 Å². The quantitative estimate of drug-likeness (QED) is 0.939. The van der Waals surface area contributed by atoms with Gasteiger partial charge >= 0.3 is 12.1 Å². The van der Waals surface area contributed by atoms with Gasteiger partial charge in [0.25, 0.3) is 0 Å². The van der Waals surface area contributed by atoms with Crippen LogP contribution in [0.5, 0.6) is 0 Å². The summed E-state index contributed by atoms with van der Waals surface area (Å²) in [7, 11) is 0. The van der Waals surface area contributed by atoms with Crippen molar-refractivity contribution in [2.75, 3.05) is 0 Å². The number of carbonyl (C=O) groups is 1. The molecule has 2 heterocycles. The van der Waals surface area contributed by atoms with Crippen LogP contribution in [0.4, 0.5) is 13.2 Å². The van der Waals surface area contributed by atoms with Gasteiger partial charge < -0.3 is 5.11 Å². The molecule has 0 radical (unpaired) electrons. The second kappa shape index (κ2) is 5.13. The number of rotatable bonds is 3. The molecule has 0 atom stereocenters. The Morgan fingerprint density at radius 3 is 2.74 bits per heavy atom. The SMILES string of the molecule is O=C(O)c1cccnc1Sc1nc(C(F)(F)F)ns1. The molecule has 19 heavy (non-hydrogen) atoms. The normalized spacial score (nSPS) is 11.5. The van der Waals surface area contributed by atoms with Gasteiger partial charge in [-0.15, -0.1) is 0 Å². The molecular weight excluding hydrogens is 303 g/mol. The van der Waals surface area contributed by atoms with E-state index in [1.54, 1.807) is 0 Å². The van der Waals surface area contributed by atoms with Crippen LogP contribution >= 0.6 is 23.3 Å². The number of pyridine rings is 1. The zero-order chi connectivity index (χ0) is 14.0. The maximum absolute atomic E-state index is 12.3. The molecule has 0 bridgehead atoms. The first-order valence-corrected chi connectivity index (χ1v) is 6.24. The van der Waals surface area contributed by atoms with Crippen molar-refractivity contribution in [3.63, 3.8) is 0 Å². The number of hydrogen-bond donors (Lipinski definition) is 1. The number of nitrogens with zero attached hydrogens (tertiary/aromatic N) is 3. The molecule has 0 aromatic carbocycles. The lowest BCUT2D eigenvalue weighted by Gasteiger charge is -2.01. The number of hydrogen-bond acceptors (Lipinski definition) is 6. The standard InChI is InChI=1S/C9H4F3N3O2S2/c10-9(11,12)7-14-8(19-15-7)18-5-4(6(16)17)2-1-3-13-5/h1-3H,(H,16,17). The van der Waals surface area contributed by atoms with E-state index in [4.69, 9.17) is 5.11 Å². The van der Waals surface area contributed by atoms with Gasteiger partial charge in [0.1, 0.15) is 5.03 Å². The topological polar surface area (TPSA) is 76.0 Å². The van der Waals surface area contributed by atoms with Gasteiger partial charge in [-0.25, -0.2) is 14.8 Å². The minimum absolute atomic E-state index is 0.0199. The molecule has 0 spiro atoms. The highest BCUT2D eigenvalue weighted by Crippen LogP contribution is 2.34. The number of aromatic carboxylic acids is 1. The van der Waals surface area contributed by atoms with E-state index in [0.717, 1.165) is 11.8 Å². The van der Waals surface area contributed by atoms with Crippen LogP contribution in [0.3, 0.4) is 0 Å². The molecule has 0 saturated heterocycles. The van der Waals surface area contributed by atoms with Crippen molar-refractivity contribution in [3.8, 4) is 0 Å². The maximum atomic E-state index is 12.3. The molecule has 0 aliphatic heterocycles. The molecule has 2 rings (SSSR count). The Morgan fingerprint density at radius 1 is 1.42 bits per heavy atom. The molecule has 0 aliphatic rings. The molecule has 0 unspecified atom stereocenters. The molecular formula is C9H4F3N3O2S2. The van der Waals surface area contributed by atoms with Gasteiger partial charge in [0.05, 0.1) is 5.56 Å². The smallest absolute Gasteiger partial charge is 0.452 e. The summed E-state index contributed by atoms with van der Waals surface area (Å²) in [5.74, 6) is -2.45. The number of halogens is 3. The van der Waals surface area contributed by atoms with Crippen LogP contribution in [0.15, 0.2) is 27.7 Å². The van der Waals surface area contributed by atoms with E-state index in [1.807, 2.05) is 0 Å². The summed E-state index contributed by atoms with van der Waals surface area (Å²) < 4.78 is 40.1. The molecule has 0 aliphatic carbocycles. The Bertz CT molecular complexity index is 615. The highest BCUT2D eigenvalue weighted by molar-refractivity contribution is 8.01. The van der Waals surface area contributed by atoms with E-state index in [9.17, 15) is 18.0 Å². The van der Waals surface area contributed by atoms with E-state index >= 15 is 0 Å². The minimum atomic E-state index is -4.62. The first-order chi connectivity index (χ1) is 8.88. The molecule has 10 heteroatoms. The van der Waals surface area contributed by atoms with Crippen LogP contribution in [0.25, 0.3) is 0 Å². The summed E-state index contributed by atoms with van der Waals surface area (Å²) in [5.41, 5.74) is -0.101. The zero-order valence-corrected chi connectivity index (χ0v) is 10.5. The summed E-state index contributed by atoms with van der Waals surface area (Å²) >= 11 is 1.27. The fraction of sp³-hybridized carbons (Fsp3) is 0.111. The number of alkyl halides is 3. The van der Waals surface area contributed by atoms with Crippen LogP contribution in [-0.4, -0.2) is 25.4 Å². The summed E-state index contributed by atoms with van der Waals surface area (Å²) in [4.78, 5) is 18.0. The fourth-order valence-electron chi connectivity index (χ4n) is 1.08. The maximum Gasteiger partial charge on any atom is 0.452 e. The zero-order valence-electron chi connectivity index (χ0n) is 8.88. The molecule has 0 fully saturated rings. The van der Waals surface area contributed by atoms with Crippen molar-refractivity contribution in [2.24, 2.45) is 0 Å². The Labute approximate surface area is 112 Å². The van der Waals surface area contributed by atoms with Crippen molar-refractivity contribution in [3.05, 3.63) is 29.7 Å². The van der Waals surface area contributed by atoms with Gasteiger partial charge in [0.2, 0.25) is 5.82 Å². The number of carboxylic acids is 1. The lowest BCUT2D eigenvalue weighted by atomic mass is 10.3. The van der Waals surface area contributed by atoms with Gasteiger partial charge in [0.15, 0.2) is 4.34 Å². The van der Waals surface area contributed by atoms with Crippen LogP contribution < -0.4 is 0 Å². The van der Waals surface area contributed by atoms with Gasteiger partial charge in [-0.3, -0.25) is 0 Å². The van der Waals surface area contributed by atoms with Crippen molar-refractivity contribution in [1.82, 2.24) is 14.3 Å². The molecule has 0 amide bonds. The first-order valence-electron chi connectivity index (χ1n) is 4.65. The van der Waals surface area contributed by atoms with Crippen molar-refractivity contribution >= 4 is 29.3 Å². The van der Waals surface area contributed by atoms with E-state index < -0.39 is 18.0 Å². The third-order valence-electron chi connectivity index (χ3n) is 1.85. The van der Waals surface area contributed by atoms with Crippen molar-refractivity contribution in [1.29, 1.82) is 0 Å². The van der Waals surface area contributed by atoms with E-state index in [2.05, 4.69) is 14.3 Å². The lowest BCUT2D eigenvalue weighted by molar-refractivity contribution is -0.144.